The largest absolute Gasteiger partial charge is 0.461 e. The molecule has 0 unspecified atom stereocenters. The Morgan fingerprint density at radius 2 is 2.09 bits per heavy atom. The summed E-state index contributed by atoms with van der Waals surface area (Å²) in [6.07, 6.45) is 1.56. The van der Waals surface area contributed by atoms with Crippen molar-refractivity contribution in [3.8, 4) is 22.4 Å². The van der Waals surface area contributed by atoms with Crippen LogP contribution in [-0.2, 0) is 0 Å². The third-order valence-electron chi connectivity index (χ3n) is 3.39. The number of aromatic nitrogens is 3. The molecule has 0 saturated heterocycles. The minimum absolute atomic E-state index is 0.379. The Morgan fingerprint density at radius 1 is 1.23 bits per heavy atom. The number of fused-ring (bicyclic) bond motifs is 1. The predicted octanol–water partition coefficient (Wildman–Crippen LogP) is 3.81. The van der Waals surface area contributed by atoms with Crippen LogP contribution in [0.2, 0.25) is 0 Å². The number of anilines is 1. The Hall–Kier alpha value is -2.67. The molecular formula is C15H12N4O2S. The summed E-state index contributed by atoms with van der Waals surface area (Å²) in [5.74, 6) is 1.33. The first-order chi connectivity index (χ1) is 10.6. The summed E-state index contributed by atoms with van der Waals surface area (Å²) < 4.78 is 10.6. The Balaban J connectivity index is 1.88. The van der Waals surface area contributed by atoms with E-state index in [1.165, 1.54) is 11.3 Å². The molecule has 0 aliphatic rings. The fourth-order valence-electron chi connectivity index (χ4n) is 2.45. The van der Waals surface area contributed by atoms with Crippen LogP contribution in [0.15, 0.2) is 33.4 Å². The molecule has 2 N–H and O–H groups in total. The van der Waals surface area contributed by atoms with Gasteiger partial charge in [-0.3, -0.25) is 0 Å². The molecule has 0 amide bonds. The van der Waals surface area contributed by atoms with Gasteiger partial charge < -0.3 is 14.7 Å². The van der Waals surface area contributed by atoms with Gasteiger partial charge in [0.15, 0.2) is 5.76 Å². The second-order valence-corrected chi connectivity index (χ2v) is 6.01. The summed E-state index contributed by atoms with van der Waals surface area (Å²) in [4.78, 5) is 10.5. The average molecular weight is 312 g/mol. The average Bonchev–Trinajstić information content (AvgIpc) is 3.16. The fraction of sp³-hybridized carbons (Fsp3) is 0.133. The molecule has 7 heteroatoms. The van der Waals surface area contributed by atoms with E-state index in [-0.39, 0.29) is 0 Å². The van der Waals surface area contributed by atoms with E-state index in [0.29, 0.717) is 23.2 Å². The minimum atomic E-state index is 0.379. The van der Waals surface area contributed by atoms with E-state index in [1.807, 2.05) is 19.9 Å². The lowest BCUT2D eigenvalue weighted by Gasteiger charge is -1.99. The maximum Gasteiger partial charge on any atom is 0.270 e. The quantitative estimate of drug-likeness (QED) is 0.605. The van der Waals surface area contributed by atoms with Crippen molar-refractivity contribution < 1.29 is 8.94 Å². The number of nitrogens with two attached hydrogens (primary N) is 1. The van der Waals surface area contributed by atoms with Crippen molar-refractivity contribution in [2.75, 3.05) is 5.73 Å². The monoisotopic (exact) mass is 312 g/mol. The summed E-state index contributed by atoms with van der Waals surface area (Å²) >= 11 is 1.45. The van der Waals surface area contributed by atoms with Gasteiger partial charge in [-0.1, -0.05) is 5.16 Å². The molecular weight excluding hydrogens is 300 g/mol. The van der Waals surface area contributed by atoms with E-state index < -0.39 is 0 Å². The summed E-state index contributed by atoms with van der Waals surface area (Å²) in [6.45, 7) is 3.98. The molecule has 0 aliphatic carbocycles. The molecule has 4 rings (SSSR count). The van der Waals surface area contributed by atoms with Gasteiger partial charge in [0.25, 0.3) is 5.89 Å². The SMILES string of the molecule is Cc1cc(C)c2c(N)c(-c3nc(-c4ccco4)no3)sc2n1. The Morgan fingerprint density at radius 3 is 2.86 bits per heavy atom. The van der Waals surface area contributed by atoms with Crippen molar-refractivity contribution in [2.24, 2.45) is 0 Å². The van der Waals surface area contributed by atoms with Crippen molar-refractivity contribution >= 4 is 27.2 Å². The van der Waals surface area contributed by atoms with Crippen molar-refractivity contribution in [1.29, 1.82) is 0 Å². The van der Waals surface area contributed by atoms with E-state index in [9.17, 15) is 0 Å². The molecule has 0 fully saturated rings. The number of nitrogens with zero attached hydrogens (tertiary/aromatic N) is 3. The third-order valence-corrected chi connectivity index (χ3v) is 4.47. The molecule has 0 aromatic carbocycles. The lowest BCUT2D eigenvalue weighted by molar-refractivity contribution is 0.430. The molecule has 110 valence electrons. The molecule has 0 atom stereocenters. The lowest BCUT2D eigenvalue weighted by Crippen LogP contribution is -1.89. The molecule has 4 aromatic heterocycles. The number of nitrogen functional groups attached to an aromatic ring is 1. The fourth-order valence-corrected chi connectivity index (χ4v) is 3.59. The van der Waals surface area contributed by atoms with E-state index >= 15 is 0 Å². The minimum Gasteiger partial charge on any atom is -0.461 e. The Kier molecular flexibility index (Phi) is 2.77. The van der Waals surface area contributed by atoms with Crippen molar-refractivity contribution in [1.82, 2.24) is 15.1 Å². The van der Waals surface area contributed by atoms with Gasteiger partial charge in [0.2, 0.25) is 5.82 Å². The highest BCUT2D eigenvalue weighted by Gasteiger charge is 2.20. The van der Waals surface area contributed by atoms with Gasteiger partial charge in [0.1, 0.15) is 9.71 Å². The van der Waals surface area contributed by atoms with E-state index in [4.69, 9.17) is 14.7 Å². The first-order valence-electron chi connectivity index (χ1n) is 6.67. The standard InChI is InChI=1S/C15H12N4O2S/c1-7-6-8(2)17-15-10(7)11(16)12(22-15)14-18-13(19-21-14)9-4-3-5-20-9/h3-6H,16H2,1-2H3. The summed E-state index contributed by atoms with van der Waals surface area (Å²) in [6, 6.07) is 5.56. The van der Waals surface area contributed by atoms with Gasteiger partial charge in [-0.05, 0) is 37.6 Å². The number of hydrogen-bond acceptors (Lipinski definition) is 7. The highest BCUT2D eigenvalue weighted by atomic mass is 32.1. The molecule has 4 heterocycles. The highest BCUT2D eigenvalue weighted by Crippen LogP contribution is 2.41. The Labute approximate surface area is 129 Å². The highest BCUT2D eigenvalue weighted by molar-refractivity contribution is 7.22. The zero-order chi connectivity index (χ0) is 15.3. The second-order valence-electron chi connectivity index (χ2n) is 5.01. The maximum atomic E-state index is 6.27. The van der Waals surface area contributed by atoms with Gasteiger partial charge in [0.05, 0.1) is 12.0 Å². The summed E-state index contributed by atoms with van der Waals surface area (Å²) in [7, 11) is 0. The van der Waals surface area contributed by atoms with Gasteiger partial charge in [0, 0.05) is 11.1 Å². The molecule has 0 aliphatic heterocycles. The van der Waals surface area contributed by atoms with Crippen molar-refractivity contribution in [3.05, 3.63) is 35.7 Å². The van der Waals surface area contributed by atoms with E-state index in [0.717, 1.165) is 26.4 Å². The first-order valence-corrected chi connectivity index (χ1v) is 7.49. The molecule has 0 saturated carbocycles. The van der Waals surface area contributed by atoms with Crippen LogP contribution >= 0.6 is 11.3 Å². The number of hydrogen-bond donors (Lipinski definition) is 1. The molecule has 22 heavy (non-hydrogen) atoms. The number of rotatable bonds is 2. The summed E-state index contributed by atoms with van der Waals surface area (Å²) in [5.41, 5.74) is 8.94. The van der Waals surface area contributed by atoms with Gasteiger partial charge >= 0.3 is 0 Å². The number of thiophene rings is 1. The van der Waals surface area contributed by atoms with Crippen LogP contribution in [0.4, 0.5) is 5.69 Å². The van der Waals surface area contributed by atoms with Crippen LogP contribution in [0, 0.1) is 13.8 Å². The van der Waals surface area contributed by atoms with Crippen molar-refractivity contribution in [2.45, 2.75) is 13.8 Å². The topological polar surface area (TPSA) is 91.0 Å². The predicted molar refractivity (Wildman–Crippen MR) is 84.5 cm³/mol. The molecule has 0 spiro atoms. The molecule has 6 nitrogen and oxygen atoms in total. The number of furan rings is 1. The van der Waals surface area contributed by atoms with Crippen LogP contribution in [0.5, 0.6) is 0 Å². The van der Waals surface area contributed by atoms with E-state index in [1.54, 1.807) is 18.4 Å². The second kappa shape index (κ2) is 4.67. The van der Waals surface area contributed by atoms with Crippen LogP contribution < -0.4 is 5.73 Å². The van der Waals surface area contributed by atoms with Crippen molar-refractivity contribution in [3.63, 3.8) is 0 Å². The van der Waals surface area contributed by atoms with Crippen LogP contribution in [0.25, 0.3) is 32.6 Å². The smallest absolute Gasteiger partial charge is 0.270 e. The number of pyridine rings is 1. The zero-order valence-corrected chi connectivity index (χ0v) is 12.8. The van der Waals surface area contributed by atoms with Crippen LogP contribution in [-0.4, -0.2) is 15.1 Å². The van der Waals surface area contributed by atoms with Crippen LogP contribution in [0.3, 0.4) is 0 Å². The molecule has 0 bridgehead atoms. The van der Waals surface area contributed by atoms with Gasteiger partial charge in [-0.25, -0.2) is 4.98 Å². The summed E-state index contributed by atoms with van der Waals surface area (Å²) in [5, 5.41) is 4.88. The first kappa shape index (κ1) is 13.0. The van der Waals surface area contributed by atoms with E-state index in [2.05, 4.69) is 15.1 Å². The van der Waals surface area contributed by atoms with Crippen LogP contribution in [0.1, 0.15) is 11.3 Å². The maximum absolute atomic E-state index is 6.27. The lowest BCUT2D eigenvalue weighted by atomic mass is 10.1. The molecule has 4 aromatic rings. The number of aryl methyl sites for hydroxylation is 2. The van der Waals surface area contributed by atoms with Gasteiger partial charge in [-0.15, -0.1) is 11.3 Å². The third kappa shape index (κ3) is 1.90. The van der Waals surface area contributed by atoms with Gasteiger partial charge in [-0.2, -0.15) is 4.98 Å². The Bertz CT molecular complexity index is 969. The normalized spacial score (nSPS) is 11.4. The zero-order valence-electron chi connectivity index (χ0n) is 12.0. The molecule has 0 radical (unpaired) electrons.